The van der Waals surface area contributed by atoms with Crippen molar-refractivity contribution < 1.29 is 14.3 Å². The molecule has 2 aliphatic heterocycles. The fraction of sp³-hybridized carbons (Fsp3) is 0.318. The maximum absolute atomic E-state index is 13.1. The van der Waals surface area contributed by atoms with Crippen LogP contribution in [0, 0.1) is 5.92 Å². The molecule has 5 nitrogen and oxygen atoms in total. The van der Waals surface area contributed by atoms with Crippen molar-refractivity contribution in [2.24, 2.45) is 11.7 Å². The maximum atomic E-state index is 13.1. The summed E-state index contributed by atoms with van der Waals surface area (Å²) >= 11 is 0. The van der Waals surface area contributed by atoms with E-state index in [1.807, 2.05) is 47.4 Å². The Bertz CT molecular complexity index is 863. The lowest BCUT2D eigenvalue weighted by molar-refractivity contribution is -0.126. The number of nitrogens with two attached hydrogens (primary N) is 1. The Morgan fingerprint density at radius 3 is 2.74 bits per heavy atom. The fourth-order valence-electron chi connectivity index (χ4n) is 4.02. The Kier molecular flexibility index (Phi) is 4.86. The molecule has 2 aromatic rings. The molecule has 27 heavy (non-hydrogen) atoms. The molecule has 0 saturated carbocycles. The quantitative estimate of drug-likeness (QED) is 0.906. The predicted molar refractivity (Wildman–Crippen MR) is 105 cm³/mol. The number of rotatable bonds is 4. The lowest BCUT2D eigenvalue weighted by Gasteiger charge is -2.23. The zero-order valence-electron chi connectivity index (χ0n) is 15.4. The second kappa shape index (κ2) is 7.45. The molecular weight excluding hydrogens is 340 g/mol. The topological polar surface area (TPSA) is 64.8 Å². The first-order chi connectivity index (χ1) is 13.2. The summed E-state index contributed by atoms with van der Waals surface area (Å²) in [6, 6.07) is 16.0. The van der Waals surface area contributed by atoms with E-state index in [1.54, 1.807) is 7.11 Å². The summed E-state index contributed by atoms with van der Waals surface area (Å²) in [6.45, 7) is 2.19. The lowest BCUT2D eigenvalue weighted by Crippen LogP contribution is -2.33. The van der Waals surface area contributed by atoms with Gasteiger partial charge in [0.2, 0.25) is 0 Å². The zero-order chi connectivity index (χ0) is 18.8. The highest BCUT2D eigenvalue weighted by Gasteiger charge is 2.36. The highest BCUT2D eigenvalue weighted by Crippen LogP contribution is 2.37. The summed E-state index contributed by atoms with van der Waals surface area (Å²) in [5.74, 6) is 1.95. The standard InChI is InChI=1S/C22H24N2O3/c1-26-20-9-5-8-16-10-17(14-27-21(16)20)22(25)24-12-18(11-23)19(13-24)15-6-3-2-4-7-15/h2-10,18-19H,11-14,23H2,1H3/t18-,19+/m1/s1. The summed E-state index contributed by atoms with van der Waals surface area (Å²) < 4.78 is 11.2. The van der Waals surface area contributed by atoms with Crippen LogP contribution in [0.5, 0.6) is 11.5 Å². The molecule has 5 heteroatoms. The van der Waals surface area contributed by atoms with E-state index in [-0.39, 0.29) is 24.3 Å². The molecule has 1 amide bonds. The molecule has 0 unspecified atom stereocenters. The van der Waals surface area contributed by atoms with Gasteiger partial charge in [-0.2, -0.15) is 0 Å². The average Bonchev–Trinajstić information content (AvgIpc) is 3.17. The van der Waals surface area contributed by atoms with E-state index in [0.29, 0.717) is 36.7 Å². The molecule has 140 valence electrons. The van der Waals surface area contributed by atoms with Crippen molar-refractivity contribution in [3.05, 3.63) is 65.2 Å². The lowest BCUT2D eigenvalue weighted by atomic mass is 9.89. The Balaban J connectivity index is 1.56. The van der Waals surface area contributed by atoms with Gasteiger partial charge >= 0.3 is 0 Å². The van der Waals surface area contributed by atoms with Crippen LogP contribution in [0.1, 0.15) is 17.0 Å². The first-order valence-corrected chi connectivity index (χ1v) is 9.26. The van der Waals surface area contributed by atoms with Crippen LogP contribution in [0.15, 0.2) is 54.1 Å². The monoisotopic (exact) mass is 364 g/mol. The minimum Gasteiger partial charge on any atom is -0.493 e. The van der Waals surface area contributed by atoms with Crippen LogP contribution in [-0.4, -0.2) is 44.2 Å². The van der Waals surface area contributed by atoms with Crippen LogP contribution in [0.2, 0.25) is 0 Å². The van der Waals surface area contributed by atoms with Gasteiger partial charge in [0.1, 0.15) is 6.61 Å². The van der Waals surface area contributed by atoms with E-state index < -0.39 is 0 Å². The second-order valence-electron chi connectivity index (χ2n) is 7.06. The van der Waals surface area contributed by atoms with Crippen LogP contribution in [0.3, 0.4) is 0 Å². The van der Waals surface area contributed by atoms with Gasteiger partial charge in [0, 0.05) is 24.6 Å². The van der Waals surface area contributed by atoms with Crippen molar-refractivity contribution in [3.8, 4) is 11.5 Å². The fourth-order valence-corrected chi connectivity index (χ4v) is 4.02. The number of fused-ring (bicyclic) bond motifs is 1. The van der Waals surface area contributed by atoms with Gasteiger partial charge in [0.25, 0.3) is 5.91 Å². The van der Waals surface area contributed by atoms with Gasteiger partial charge in [-0.1, -0.05) is 42.5 Å². The third-order valence-electron chi connectivity index (χ3n) is 5.46. The van der Waals surface area contributed by atoms with Crippen LogP contribution in [0.4, 0.5) is 0 Å². The van der Waals surface area contributed by atoms with Crippen LogP contribution < -0.4 is 15.2 Å². The van der Waals surface area contributed by atoms with E-state index >= 15 is 0 Å². The summed E-state index contributed by atoms with van der Waals surface area (Å²) in [7, 11) is 1.62. The first kappa shape index (κ1) is 17.6. The number of carbonyl (C=O) groups excluding carboxylic acids is 1. The molecule has 2 N–H and O–H groups in total. The van der Waals surface area contributed by atoms with Gasteiger partial charge in [-0.05, 0) is 30.2 Å². The molecular formula is C22H24N2O3. The second-order valence-corrected chi connectivity index (χ2v) is 7.06. The summed E-state index contributed by atoms with van der Waals surface area (Å²) in [6.07, 6.45) is 1.91. The van der Waals surface area contributed by atoms with Crippen molar-refractivity contribution in [3.63, 3.8) is 0 Å². The molecule has 2 atom stereocenters. The number of methoxy groups -OCH3 is 1. The number of carbonyl (C=O) groups is 1. The van der Waals surface area contributed by atoms with Crippen LogP contribution >= 0.6 is 0 Å². The molecule has 0 spiro atoms. The van der Waals surface area contributed by atoms with Crippen molar-refractivity contribution in [2.45, 2.75) is 5.92 Å². The van der Waals surface area contributed by atoms with Crippen molar-refractivity contribution >= 4 is 12.0 Å². The summed E-state index contributed by atoms with van der Waals surface area (Å²) in [5, 5.41) is 0. The Morgan fingerprint density at radius 2 is 2.00 bits per heavy atom. The normalized spacial score (nSPS) is 21.3. The number of hydrogen-bond acceptors (Lipinski definition) is 4. The van der Waals surface area contributed by atoms with E-state index in [1.165, 1.54) is 5.56 Å². The molecule has 2 aromatic carbocycles. The molecule has 1 fully saturated rings. The number of likely N-dealkylation sites (tertiary alicyclic amines) is 1. The number of hydrogen-bond donors (Lipinski definition) is 1. The highest BCUT2D eigenvalue weighted by molar-refractivity contribution is 5.99. The van der Waals surface area contributed by atoms with Gasteiger partial charge in [0.05, 0.1) is 12.7 Å². The van der Waals surface area contributed by atoms with E-state index in [2.05, 4.69) is 12.1 Å². The van der Waals surface area contributed by atoms with Crippen molar-refractivity contribution in [1.82, 2.24) is 4.90 Å². The molecule has 0 aliphatic carbocycles. The Labute approximate surface area is 159 Å². The molecule has 0 radical (unpaired) electrons. The van der Waals surface area contributed by atoms with Gasteiger partial charge in [-0.25, -0.2) is 0 Å². The highest BCUT2D eigenvalue weighted by atomic mass is 16.5. The van der Waals surface area contributed by atoms with Crippen molar-refractivity contribution in [1.29, 1.82) is 0 Å². The summed E-state index contributed by atoms with van der Waals surface area (Å²) in [5.41, 5.74) is 8.79. The molecule has 1 saturated heterocycles. The third-order valence-corrected chi connectivity index (χ3v) is 5.46. The van der Waals surface area contributed by atoms with Gasteiger partial charge in [0.15, 0.2) is 11.5 Å². The van der Waals surface area contributed by atoms with Gasteiger partial charge in [-0.15, -0.1) is 0 Å². The van der Waals surface area contributed by atoms with Gasteiger partial charge < -0.3 is 20.1 Å². The van der Waals surface area contributed by atoms with E-state index in [0.717, 1.165) is 5.56 Å². The summed E-state index contributed by atoms with van der Waals surface area (Å²) in [4.78, 5) is 15.0. The Morgan fingerprint density at radius 1 is 1.19 bits per heavy atom. The molecule has 2 aliphatic rings. The maximum Gasteiger partial charge on any atom is 0.253 e. The minimum absolute atomic E-state index is 0.0281. The largest absolute Gasteiger partial charge is 0.493 e. The van der Waals surface area contributed by atoms with Crippen LogP contribution in [0.25, 0.3) is 6.08 Å². The number of para-hydroxylation sites is 1. The minimum atomic E-state index is 0.0281. The number of benzene rings is 2. The zero-order valence-corrected chi connectivity index (χ0v) is 15.4. The number of nitrogens with zero attached hydrogens (tertiary/aromatic N) is 1. The predicted octanol–water partition coefficient (Wildman–Crippen LogP) is 2.67. The number of amides is 1. The number of ether oxygens (including phenoxy) is 2. The molecule has 4 rings (SSSR count). The van der Waals surface area contributed by atoms with Crippen LogP contribution in [-0.2, 0) is 4.79 Å². The van der Waals surface area contributed by atoms with E-state index in [4.69, 9.17) is 15.2 Å². The van der Waals surface area contributed by atoms with Gasteiger partial charge in [-0.3, -0.25) is 4.79 Å². The molecule has 0 aromatic heterocycles. The third kappa shape index (κ3) is 3.30. The average molecular weight is 364 g/mol. The Hall–Kier alpha value is -2.79. The molecule has 2 heterocycles. The first-order valence-electron chi connectivity index (χ1n) is 9.26. The molecule has 0 bridgehead atoms. The van der Waals surface area contributed by atoms with E-state index in [9.17, 15) is 4.79 Å². The van der Waals surface area contributed by atoms with Crippen molar-refractivity contribution in [2.75, 3.05) is 33.4 Å². The SMILES string of the molecule is COc1cccc2c1OCC(C(=O)N1C[C@@H](CN)[C@H](c3ccccc3)C1)=C2. The smallest absolute Gasteiger partial charge is 0.253 e.